The number of carbonyl (C=O) groups is 2. The molecular weight excluding hydrogens is 451 g/mol. The summed E-state index contributed by atoms with van der Waals surface area (Å²) in [5.74, 6) is -1.32. The van der Waals surface area contributed by atoms with E-state index in [4.69, 9.17) is 11.6 Å². The predicted octanol–water partition coefficient (Wildman–Crippen LogP) is 5.62. The molecule has 162 valence electrons. The summed E-state index contributed by atoms with van der Waals surface area (Å²) in [5, 5.41) is 5.70. The van der Waals surface area contributed by atoms with Gasteiger partial charge in [-0.15, -0.1) is 11.3 Å². The zero-order valence-corrected chi connectivity index (χ0v) is 18.0. The second-order valence-electron chi connectivity index (χ2n) is 6.73. The van der Waals surface area contributed by atoms with Crippen molar-refractivity contribution >= 4 is 40.4 Å². The topological polar surface area (TPSA) is 71.1 Å². The standard InChI is InChI=1S/C21H17ClF3N3O2S/c1-11-6-7-13(18(29)26-10-21(23,24)25)9-16(11)28-19(30)17-12(2)27-20(31-17)14-4-3-5-15(22)8-14/h3-9H,10H2,1-2H3,(H,26,29)(H,28,30). The van der Waals surface area contributed by atoms with Crippen LogP contribution in [-0.2, 0) is 0 Å². The summed E-state index contributed by atoms with van der Waals surface area (Å²) in [7, 11) is 0. The molecule has 1 aromatic heterocycles. The summed E-state index contributed by atoms with van der Waals surface area (Å²) in [6.07, 6.45) is -4.51. The highest BCUT2D eigenvalue weighted by Crippen LogP contribution is 2.30. The monoisotopic (exact) mass is 467 g/mol. The molecule has 10 heteroatoms. The normalized spacial score (nSPS) is 11.3. The minimum Gasteiger partial charge on any atom is -0.343 e. The summed E-state index contributed by atoms with van der Waals surface area (Å²) in [5.41, 5.74) is 2.28. The van der Waals surface area contributed by atoms with Crippen LogP contribution >= 0.6 is 22.9 Å². The Kier molecular flexibility index (Phi) is 6.66. The highest BCUT2D eigenvalue weighted by molar-refractivity contribution is 7.17. The number of aryl methyl sites for hydroxylation is 2. The fourth-order valence-electron chi connectivity index (χ4n) is 2.71. The van der Waals surface area contributed by atoms with Crippen molar-refractivity contribution in [2.75, 3.05) is 11.9 Å². The van der Waals surface area contributed by atoms with Crippen LogP contribution in [0.3, 0.4) is 0 Å². The van der Waals surface area contributed by atoms with Gasteiger partial charge in [0, 0.05) is 21.8 Å². The van der Waals surface area contributed by atoms with Gasteiger partial charge >= 0.3 is 6.18 Å². The van der Waals surface area contributed by atoms with Crippen LogP contribution in [0.1, 0.15) is 31.3 Å². The van der Waals surface area contributed by atoms with E-state index in [9.17, 15) is 22.8 Å². The van der Waals surface area contributed by atoms with Gasteiger partial charge in [-0.05, 0) is 43.7 Å². The van der Waals surface area contributed by atoms with Crippen LogP contribution in [0.2, 0.25) is 5.02 Å². The number of hydrogen-bond donors (Lipinski definition) is 2. The third-order valence-electron chi connectivity index (χ3n) is 4.27. The lowest BCUT2D eigenvalue weighted by molar-refractivity contribution is -0.123. The van der Waals surface area contributed by atoms with Crippen LogP contribution in [0.15, 0.2) is 42.5 Å². The minimum atomic E-state index is -4.51. The molecule has 3 aromatic rings. The molecule has 3 rings (SSSR count). The number of anilines is 1. The molecule has 0 spiro atoms. The van der Waals surface area contributed by atoms with Gasteiger partial charge in [0.2, 0.25) is 0 Å². The average Bonchev–Trinajstić information content (AvgIpc) is 3.09. The van der Waals surface area contributed by atoms with Gasteiger partial charge in [-0.1, -0.05) is 29.8 Å². The van der Waals surface area contributed by atoms with Gasteiger partial charge in [-0.25, -0.2) is 4.98 Å². The van der Waals surface area contributed by atoms with Crippen LogP contribution in [0.5, 0.6) is 0 Å². The third kappa shape index (κ3) is 5.83. The molecule has 0 aliphatic rings. The van der Waals surface area contributed by atoms with Crippen molar-refractivity contribution in [2.24, 2.45) is 0 Å². The fraction of sp³-hybridized carbons (Fsp3) is 0.190. The van der Waals surface area contributed by atoms with Crippen LogP contribution in [0.4, 0.5) is 18.9 Å². The van der Waals surface area contributed by atoms with Crippen LogP contribution in [-0.4, -0.2) is 29.5 Å². The molecule has 0 bridgehead atoms. The zero-order chi connectivity index (χ0) is 22.8. The summed E-state index contributed by atoms with van der Waals surface area (Å²) in [6.45, 7) is 1.98. The van der Waals surface area contributed by atoms with Gasteiger partial charge in [-0.2, -0.15) is 13.2 Å². The molecule has 0 unspecified atom stereocenters. The maximum absolute atomic E-state index is 12.8. The number of thiazole rings is 1. The van der Waals surface area contributed by atoms with Gasteiger partial charge in [0.1, 0.15) is 16.4 Å². The molecule has 0 saturated heterocycles. The van der Waals surface area contributed by atoms with Gasteiger partial charge in [0.05, 0.1) is 5.69 Å². The molecule has 0 fully saturated rings. The van der Waals surface area contributed by atoms with Gasteiger partial charge in [-0.3, -0.25) is 9.59 Å². The molecule has 31 heavy (non-hydrogen) atoms. The smallest absolute Gasteiger partial charge is 0.343 e. The second kappa shape index (κ2) is 9.07. The molecule has 2 N–H and O–H groups in total. The summed E-state index contributed by atoms with van der Waals surface area (Å²) in [4.78, 5) is 29.6. The fourth-order valence-corrected chi connectivity index (χ4v) is 3.86. The predicted molar refractivity (Wildman–Crippen MR) is 115 cm³/mol. The molecule has 0 aliphatic carbocycles. The molecule has 0 saturated carbocycles. The van der Waals surface area contributed by atoms with Gasteiger partial charge in [0.25, 0.3) is 11.8 Å². The van der Waals surface area contributed by atoms with Crippen molar-refractivity contribution in [3.05, 3.63) is 69.2 Å². The van der Waals surface area contributed by atoms with Crippen LogP contribution in [0.25, 0.3) is 10.6 Å². The van der Waals surface area contributed by atoms with Crippen LogP contribution in [0, 0.1) is 13.8 Å². The van der Waals surface area contributed by atoms with E-state index in [1.807, 2.05) is 11.4 Å². The van der Waals surface area contributed by atoms with E-state index < -0.39 is 24.5 Å². The highest BCUT2D eigenvalue weighted by atomic mass is 35.5. The van der Waals surface area contributed by atoms with Crippen molar-refractivity contribution in [1.29, 1.82) is 0 Å². The number of benzene rings is 2. The van der Waals surface area contributed by atoms with Crippen molar-refractivity contribution in [1.82, 2.24) is 10.3 Å². The first-order chi connectivity index (χ1) is 14.5. The Balaban J connectivity index is 1.80. The molecule has 0 radical (unpaired) electrons. The maximum atomic E-state index is 12.8. The number of nitrogens with zero attached hydrogens (tertiary/aromatic N) is 1. The lowest BCUT2D eigenvalue weighted by Gasteiger charge is -2.12. The SMILES string of the molecule is Cc1ccc(C(=O)NCC(F)(F)F)cc1NC(=O)c1sc(-c2cccc(Cl)c2)nc1C. The van der Waals surface area contributed by atoms with E-state index in [1.165, 1.54) is 23.5 Å². The quantitative estimate of drug-likeness (QED) is 0.511. The number of rotatable bonds is 5. The largest absolute Gasteiger partial charge is 0.405 e. The highest BCUT2D eigenvalue weighted by Gasteiger charge is 2.28. The Bertz CT molecular complexity index is 1150. The first kappa shape index (κ1) is 22.8. The Hall–Kier alpha value is -2.91. The first-order valence-corrected chi connectivity index (χ1v) is 10.2. The summed E-state index contributed by atoms with van der Waals surface area (Å²) < 4.78 is 37.0. The second-order valence-corrected chi connectivity index (χ2v) is 8.16. The lowest BCUT2D eigenvalue weighted by Crippen LogP contribution is -2.33. The molecule has 5 nitrogen and oxygen atoms in total. The van der Waals surface area contributed by atoms with Crippen LogP contribution < -0.4 is 10.6 Å². The minimum absolute atomic E-state index is 0.00536. The van der Waals surface area contributed by atoms with Crippen molar-refractivity contribution < 1.29 is 22.8 Å². The van der Waals surface area contributed by atoms with Gasteiger partial charge < -0.3 is 10.6 Å². The van der Waals surface area contributed by atoms with Crippen molar-refractivity contribution in [3.8, 4) is 10.6 Å². The number of alkyl halides is 3. The summed E-state index contributed by atoms with van der Waals surface area (Å²) >= 11 is 7.21. The average molecular weight is 468 g/mol. The summed E-state index contributed by atoms with van der Waals surface area (Å²) in [6, 6.07) is 11.4. The molecule has 1 heterocycles. The Morgan fingerprint density at radius 3 is 2.52 bits per heavy atom. The Labute approximate surface area is 185 Å². The van der Waals surface area contributed by atoms with E-state index in [0.29, 0.717) is 31.9 Å². The number of hydrogen-bond acceptors (Lipinski definition) is 4. The number of nitrogens with one attached hydrogen (secondary N) is 2. The van der Waals surface area contributed by atoms with E-state index in [2.05, 4.69) is 10.3 Å². The lowest BCUT2D eigenvalue weighted by atomic mass is 10.1. The first-order valence-electron chi connectivity index (χ1n) is 9.04. The number of halogens is 4. The Morgan fingerprint density at radius 1 is 1.10 bits per heavy atom. The van der Waals surface area contributed by atoms with E-state index in [1.54, 1.807) is 38.1 Å². The van der Waals surface area contributed by atoms with Crippen molar-refractivity contribution in [2.45, 2.75) is 20.0 Å². The third-order valence-corrected chi connectivity index (χ3v) is 5.71. The molecule has 0 aliphatic heterocycles. The van der Waals surface area contributed by atoms with E-state index in [0.717, 1.165) is 5.56 Å². The molecule has 0 atom stereocenters. The zero-order valence-electron chi connectivity index (χ0n) is 16.4. The number of amides is 2. The number of carbonyl (C=O) groups excluding carboxylic acids is 2. The molecule has 2 aromatic carbocycles. The van der Waals surface area contributed by atoms with Crippen molar-refractivity contribution in [3.63, 3.8) is 0 Å². The van der Waals surface area contributed by atoms with E-state index in [-0.39, 0.29) is 5.56 Å². The number of aromatic nitrogens is 1. The van der Waals surface area contributed by atoms with E-state index >= 15 is 0 Å². The maximum Gasteiger partial charge on any atom is 0.405 e. The molecule has 2 amide bonds. The van der Waals surface area contributed by atoms with Gasteiger partial charge in [0.15, 0.2) is 0 Å². The molecular formula is C21H17ClF3N3O2S. The Morgan fingerprint density at radius 2 is 1.84 bits per heavy atom.